The first-order valence-corrected chi connectivity index (χ1v) is 17.9. The zero-order valence-electron chi connectivity index (χ0n) is 26.1. The molecule has 2 aliphatic carbocycles. The number of aryl methyl sites for hydroxylation is 2. The summed E-state index contributed by atoms with van der Waals surface area (Å²) in [6.45, 7) is 11.5. The third-order valence-electron chi connectivity index (χ3n) is 11.9. The van der Waals surface area contributed by atoms with Crippen LogP contribution in [0.2, 0.25) is 0 Å². The van der Waals surface area contributed by atoms with Gasteiger partial charge in [0.25, 0.3) is 5.56 Å². The number of carbonyl (C=O) groups is 1. The number of rotatable bonds is 7. The fraction of sp³-hybridized carbons (Fsp3) is 0.848. The van der Waals surface area contributed by atoms with Crippen LogP contribution in [-0.4, -0.2) is 93.7 Å². The largest absolute Gasteiger partial charge is 0.481 e. The van der Waals surface area contributed by atoms with Crippen LogP contribution in [0.25, 0.3) is 0 Å². The smallest absolute Gasteiger partial charge is 0.308 e. The highest BCUT2D eigenvalue weighted by Crippen LogP contribution is 2.48. The van der Waals surface area contributed by atoms with Crippen LogP contribution in [0.3, 0.4) is 0 Å². The second-order valence-electron chi connectivity index (χ2n) is 14.7. The van der Waals surface area contributed by atoms with E-state index in [9.17, 15) is 14.7 Å². The Morgan fingerprint density at radius 3 is 2.70 bits per heavy atom. The van der Waals surface area contributed by atoms with Crippen molar-refractivity contribution in [3.63, 3.8) is 0 Å². The van der Waals surface area contributed by atoms with Crippen molar-refractivity contribution in [3.05, 3.63) is 27.4 Å². The lowest BCUT2D eigenvalue weighted by Gasteiger charge is -2.47. The molecule has 10 heteroatoms. The number of carboxylic acid groups (broad SMARTS) is 1. The summed E-state index contributed by atoms with van der Waals surface area (Å²) >= 11 is 1.86. The van der Waals surface area contributed by atoms with Crippen LogP contribution in [0.5, 0.6) is 0 Å². The molecule has 6 aliphatic rings. The molecule has 2 N–H and O–H groups in total. The van der Waals surface area contributed by atoms with E-state index in [0.29, 0.717) is 65.8 Å². The Bertz CT molecular complexity index is 1250. The van der Waals surface area contributed by atoms with Crippen LogP contribution in [0.4, 0.5) is 0 Å². The van der Waals surface area contributed by atoms with Crippen molar-refractivity contribution in [2.45, 2.75) is 102 Å². The van der Waals surface area contributed by atoms with Crippen molar-refractivity contribution < 1.29 is 19.4 Å². The lowest BCUT2D eigenvalue weighted by molar-refractivity contribution is -0.142. The third kappa shape index (κ3) is 5.84. The number of fused-ring (bicyclic) bond motifs is 3. The average molecular weight is 615 g/mol. The Kier molecular flexibility index (Phi) is 8.70. The fourth-order valence-corrected chi connectivity index (χ4v) is 11.4. The van der Waals surface area contributed by atoms with Crippen LogP contribution >= 0.6 is 11.8 Å². The monoisotopic (exact) mass is 614 g/mol. The van der Waals surface area contributed by atoms with Crippen molar-refractivity contribution >= 4 is 17.7 Å². The SMILES string of the molecule is Cc1nc2c(c(=O)n1CCOC1CCC(C)CC1C1CC(C)NC3C(C(=O)O)CSC13)C[C@@H](N1CC3COCC3C1)CC2. The molecule has 1 aromatic rings. The third-order valence-corrected chi connectivity index (χ3v) is 13.4. The zero-order chi connectivity index (χ0) is 29.8. The molecule has 0 aromatic carbocycles. The maximum atomic E-state index is 13.8. The van der Waals surface area contributed by atoms with Gasteiger partial charge in [-0.15, -0.1) is 0 Å². The molecule has 11 atom stereocenters. The molecular weight excluding hydrogens is 564 g/mol. The Labute approximate surface area is 259 Å². The number of aliphatic carboxylic acids is 1. The maximum Gasteiger partial charge on any atom is 0.308 e. The quantitative estimate of drug-likeness (QED) is 0.480. The summed E-state index contributed by atoms with van der Waals surface area (Å²) in [6, 6.07) is 0.773. The van der Waals surface area contributed by atoms with E-state index < -0.39 is 5.97 Å². The van der Waals surface area contributed by atoms with Crippen LogP contribution in [0.1, 0.15) is 63.0 Å². The van der Waals surface area contributed by atoms with E-state index in [-0.39, 0.29) is 23.6 Å². The molecule has 5 fully saturated rings. The van der Waals surface area contributed by atoms with Gasteiger partial charge in [0.15, 0.2) is 0 Å². The zero-order valence-corrected chi connectivity index (χ0v) is 26.9. The van der Waals surface area contributed by atoms with Gasteiger partial charge in [-0.3, -0.25) is 19.1 Å². The maximum absolute atomic E-state index is 13.8. The van der Waals surface area contributed by atoms with E-state index in [1.54, 1.807) is 0 Å². The standard InChI is InChI=1S/C33H50N4O5S/c1-18-4-7-29(24(10-18)25-11-19(2)34-30-27(33(39)40)17-43-31(25)30)42-9-8-37-20(3)35-28-6-5-23(12-26(28)32(37)38)36-13-21-15-41-16-22(21)14-36/h18-19,21-25,27,29-31,34H,4-17H2,1-3H3,(H,39,40)/t18?,19?,21?,22?,23-,24?,25?,27?,29?,30?,31?/m0/s1. The van der Waals surface area contributed by atoms with Crippen LogP contribution < -0.4 is 10.9 Å². The topological polar surface area (TPSA) is 106 Å². The fourth-order valence-electron chi connectivity index (χ4n) is 9.59. The van der Waals surface area contributed by atoms with Crippen LogP contribution in [0.15, 0.2) is 4.79 Å². The molecule has 9 nitrogen and oxygen atoms in total. The van der Waals surface area contributed by atoms with E-state index in [1.807, 2.05) is 23.3 Å². The molecule has 0 radical (unpaired) electrons. The summed E-state index contributed by atoms with van der Waals surface area (Å²) in [5.74, 6) is 3.34. The molecule has 1 aromatic heterocycles. The second-order valence-corrected chi connectivity index (χ2v) is 15.9. The lowest BCUT2D eigenvalue weighted by atomic mass is 9.68. The highest BCUT2D eigenvalue weighted by Gasteiger charge is 2.51. The number of ether oxygens (including phenoxy) is 2. The van der Waals surface area contributed by atoms with Crippen molar-refractivity contribution in [2.75, 3.05) is 38.7 Å². The minimum atomic E-state index is -0.673. The summed E-state index contributed by atoms with van der Waals surface area (Å²) in [5, 5.41) is 13.8. The van der Waals surface area contributed by atoms with Crippen molar-refractivity contribution in [1.82, 2.24) is 19.8 Å². The highest BCUT2D eigenvalue weighted by molar-refractivity contribution is 8.00. The van der Waals surface area contributed by atoms with E-state index in [0.717, 1.165) is 88.3 Å². The van der Waals surface area contributed by atoms with Gasteiger partial charge in [0.05, 0.1) is 44.1 Å². The average Bonchev–Trinajstić information content (AvgIpc) is 3.70. The van der Waals surface area contributed by atoms with Gasteiger partial charge in [-0.25, -0.2) is 4.98 Å². The molecule has 4 aliphatic heterocycles. The molecule has 1 saturated carbocycles. The van der Waals surface area contributed by atoms with Crippen LogP contribution in [-0.2, 0) is 33.7 Å². The molecule has 10 unspecified atom stereocenters. The number of likely N-dealkylation sites (tertiary alicyclic amines) is 1. The number of thioether (sulfide) groups is 1. The summed E-state index contributed by atoms with van der Waals surface area (Å²) in [5.41, 5.74) is 2.05. The van der Waals surface area contributed by atoms with Gasteiger partial charge in [-0.2, -0.15) is 11.8 Å². The van der Waals surface area contributed by atoms with Gasteiger partial charge in [0, 0.05) is 59.6 Å². The van der Waals surface area contributed by atoms with Gasteiger partial charge < -0.3 is 19.9 Å². The molecule has 7 rings (SSSR count). The van der Waals surface area contributed by atoms with Crippen LogP contribution in [0, 0.1) is 42.4 Å². The first-order valence-electron chi connectivity index (χ1n) is 16.9. The second kappa shape index (κ2) is 12.4. The molecule has 4 saturated heterocycles. The molecular formula is C33H50N4O5S. The number of hydrogen-bond acceptors (Lipinski definition) is 8. The summed E-state index contributed by atoms with van der Waals surface area (Å²) in [4.78, 5) is 33.4. The summed E-state index contributed by atoms with van der Waals surface area (Å²) in [6.07, 6.45) is 7.32. The molecule has 0 amide bonds. The number of aromatic nitrogens is 2. The predicted molar refractivity (Wildman–Crippen MR) is 167 cm³/mol. The normalized spacial score (nSPS) is 41.1. The molecule has 43 heavy (non-hydrogen) atoms. The molecule has 0 bridgehead atoms. The van der Waals surface area contributed by atoms with Gasteiger partial charge in [0.2, 0.25) is 0 Å². The van der Waals surface area contributed by atoms with Gasteiger partial charge in [0.1, 0.15) is 5.82 Å². The molecule has 5 heterocycles. The first kappa shape index (κ1) is 30.2. The van der Waals surface area contributed by atoms with E-state index >= 15 is 0 Å². The highest BCUT2D eigenvalue weighted by atomic mass is 32.2. The Balaban J connectivity index is 1.02. The van der Waals surface area contributed by atoms with Crippen molar-refractivity contribution in [3.8, 4) is 0 Å². The van der Waals surface area contributed by atoms with E-state index in [1.165, 1.54) is 0 Å². The van der Waals surface area contributed by atoms with E-state index in [4.69, 9.17) is 14.5 Å². The predicted octanol–water partition coefficient (Wildman–Crippen LogP) is 2.99. The number of nitrogens with one attached hydrogen (secondary N) is 1. The number of hydrogen-bond donors (Lipinski definition) is 2. The molecule has 0 spiro atoms. The lowest BCUT2D eigenvalue weighted by Crippen LogP contribution is -2.57. The number of nitrogens with zero attached hydrogens (tertiary/aromatic N) is 3. The van der Waals surface area contributed by atoms with E-state index in [2.05, 4.69) is 24.1 Å². The Morgan fingerprint density at radius 2 is 1.93 bits per heavy atom. The Hall–Kier alpha value is -1.46. The van der Waals surface area contributed by atoms with Crippen molar-refractivity contribution in [1.29, 1.82) is 0 Å². The first-order chi connectivity index (χ1) is 20.8. The minimum Gasteiger partial charge on any atom is -0.481 e. The molecule has 238 valence electrons. The van der Waals surface area contributed by atoms with Crippen molar-refractivity contribution in [2.24, 2.45) is 35.5 Å². The Morgan fingerprint density at radius 1 is 1.14 bits per heavy atom. The van der Waals surface area contributed by atoms with Gasteiger partial charge in [-0.05, 0) is 76.5 Å². The number of piperidine rings is 1. The van der Waals surface area contributed by atoms with Gasteiger partial charge >= 0.3 is 5.97 Å². The van der Waals surface area contributed by atoms with Gasteiger partial charge in [-0.1, -0.05) is 6.92 Å². The number of carboxylic acids is 1. The summed E-state index contributed by atoms with van der Waals surface area (Å²) < 4.78 is 14.3. The minimum absolute atomic E-state index is 0.0363. The summed E-state index contributed by atoms with van der Waals surface area (Å²) in [7, 11) is 0.